The quantitative estimate of drug-likeness (QED) is 0.104. The van der Waals surface area contributed by atoms with Gasteiger partial charge < -0.3 is 29.1 Å². The Labute approximate surface area is 354 Å². The third kappa shape index (κ3) is 9.89. The molecule has 0 aliphatic carbocycles. The third-order valence-corrected chi connectivity index (χ3v) is 11.3. The molecule has 1 heterocycles. The van der Waals surface area contributed by atoms with E-state index in [4.69, 9.17) is 14.2 Å². The van der Waals surface area contributed by atoms with Crippen molar-refractivity contribution in [1.82, 2.24) is 0 Å². The van der Waals surface area contributed by atoms with Crippen LogP contribution in [0.4, 0.5) is 11.4 Å². The Bertz CT molecular complexity index is 2360. The van der Waals surface area contributed by atoms with Crippen LogP contribution in [0.1, 0.15) is 88.1 Å². The van der Waals surface area contributed by atoms with E-state index >= 15 is 4.79 Å². The summed E-state index contributed by atoms with van der Waals surface area (Å²) in [6, 6.07) is 45.6. The Balaban J connectivity index is 1.28. The molecule has 60 heavy (non-hydrogen) atoms. The number of ether oxygens (including phenoxy) is 3. The Kier molecular flexibility index (Phi) is 13.6. The first-order chi connectivity index (χ1) is 29.2. The number of amides is 1. The summed E-state index contributed by atoms with van der Waals surface area (Å²) in [7, 11) is 0. The Morgan fingerprint density at radius 2 is 1.27 bits per heavy atom. The van der Waals surface area contributed by atoms with Crippen LogP contribution in [-0.4, -0.2) is 42.8 Å². The van der Waals surface area contributed by atoms with Crippen molar-refractivity contribution in [3.63, 3.8) is 0 Å². The van der Waals surface area contributed by atoms with Crippen molar-refractivity contribution < 1.29 is 28.9 Å². The molecular formula is C52H54N2O6. The summed E-state index contributed by atoms with van der Waals surface area (Å²) < 4.78 is 18.6. The van der Waals surface area contributed by atoms with Crippen molar-refractivity contribution in [2.45, 2.75) is 72.3 Å². The van der Waals surface area contributed by atoms with Crippen LogP contribution in [0.2, 0.25) is 0 Å². The standard InChI is InChI=1S/C52H54N2O6/c1-5-53(44-25-27-58-28-26-44)48-30-42(29-46(37(48)4)52(56)57)41-21-23-43(24-22-41)54(33-38-15-9-6-10-16-38)51(55)47-31-45(36(2)3)49(59-34-39-17-11-7-12-18-39)32-50(47)60-35-40-19-13-8-14-20-40/h6-24,29-32,36,44H,5,25-28,33-35H2,1-4H3,(H,56,57). The first-order valence-electron chi connectivity index (χ1n) is 20.9. The lowest BCUT2D eigenvalue weighted by atomic mass is 9.95. The van der Waals surface area contributed by atoms with E-state index in [0.717, 1.165) is 64.0 Å². The Morgan fingerprint density at radius 1 is 0.700 bits per heavy atom. The lowest BCUT2D eigenvalue weighted by Gasteiger charge is -2.36. The highest BCUT2D eigenvalue weighted by atomic mass is 16.5. The van der Waals surface area contributed by atoms with Gasteiger partial charge in [-0.05, 0) is 102 Å². The van der Waals surface area contributed by atoms with E-state index in [1.54, 1.807) is 11.0 Å². The SMILES string of the molecule is CCN(c1cc(-c2ccc(N(Cc3ccccc3)C(=O)c3cc(C(C)C)c(OCc4ccccc4)cc3OCc3ccccc3)cc2)cc(C(=O)O)c1C)C1CCOCC1. The molecule has 1 saturated heterocycles. The highest BCUT2D eigenvalue weighted by molar-refractivity contribution is 6.08. The minimum atomic E-state index is -0.961. The molecule has 8 nitrogen and oxygen atoms in total. The summed E-state index contributed by atoms with van der Waals surface area (Å²) in [5.74, 6) is -0.0181. The van der Waals surface area contributed by atoms with Crippen LogP contribution in [0.5, 0.6) is 11.5 Å². The molecule has 0 bridgehead atoms. The number of anilines is 2. The maximum absolute atomic E-state index is 15.2. The zero-order chi connectivity index (χ0) is 42.0. The highest BCUT2D eigenvalue weighted by Crippen LogP contribution is 2.38. The lowest BCUT2D eigenvalue weighted by Crippen LogP contribution is -2.40. The van der Waals surface area contributed by atoms with Crippen molar-refractivity contribution in [2.24, 2.45) is 0 Å². The van der Waals surface area contributed by atoms with E-state index in [1.165, 1.54) is 0 Å². The first kappa shape index (κ1) is 41.8. The first-order valence-corrected chi connectivity index (χ1v) is 20.9. The summed E-state index contributed by atoms with van der Waals surface area (Å²) >= 11 is 0. The van der Waals surface area contributed by atoms with Gasteiger partial charge in [-0.1, -0.05) is 117 Å². The van der Waals surface area contributed by atoms with Gasteiger partial charge in [0.15, 0.2) is 0 Å². The molecule has 1 aliphatic heterocycles. The van der Waals surface area contributed by atoms with Gasteiger partial charge in [0, 0.05) is 43.2 Å². The summed E-state index contributed by atoms with van der Waals surface area (Å²) in [5, 5.41) is 10.3. The van der Waals surface area contributed by atoms with Crippen LogP contribution in [0, 0.1) is 6.92 Å². The van der Waals surface area contributed by atoms with E-state index < -0.39 is 5.97 Å². The zero-order valence-corrected chi connectivity index (χ0v) is 35.0. The van der Waals surface area contributed by atoms with Crippen LogP contribution in [-0.2, 0) is 24.5 Å². The van der Waals surface area contributed by atoms with E-state index in [2.05, 4.69) is 31.7 Å². The number of hydrogen-bond acceptors (Lipinski definition) is 6. The van der Waals surface area contributed by atoms with Gasteiger partial charge in [-0.15, -0.1) is 0 Å². The monoisotopic (exact) mass is 802 g/mol. The number of carbonyl (C=O) groups is 2. The van der Waals surface area contributed by atoms with E-state index in [9.17, 15) is 9.90 Å². The summed E-state index contributed by atoms with van der Waals surface area (Å²) in [5.41, 5.74) is 8.62. The molecule has 0 spiro atoms. The average molecular weight is 803 g/mol. The fourth-order valence-corrected chi connectivity index (χ4v) is 7.94. The molecule has 8 heteroatoms. The summed E-state index contributed by atoms with van der Waals surface area (Å²) in [6.45, 7) is 11.3. The number of carboxylic acid groups (broad SMARTS) is 1. The zero-order valence-electron chi connectivity index (χ0n) is 35.0. The average Bonchev–Trinajstić information content (AvgIpc) is 3.28. The molecule has 6 aromatic carbocycles. The van der Waals surface area contributed by atoms with Gasteiger partial charge in [-0.3, -0.25) is 4.79 Å². The van der Waals surface area contributed by atoms with Crippen molar-refractivity contribution in [3.8, 4) is 22.6 Å². The molecule has 1 N–H and O–H groups in total. The van der Waals surface area contributed by atoms with Crippen LogP contribution >= 0.6 is 0 Å². The molecular weight excluding hydrogens is 749 g/mol. The number of rotatable bonds is 16. The molecule has 6 aromatic rings. The van der Waals surface area contributed by atoms with Gasteiger partial charge in [-0.25, -0.2) is 4.79 Å². The normalized spacial score (nSPS) is 12.9. The number of aromatic carboxylic acids is 1. The predicted molar refractivity (Wildman–Crippen MR) is 239 cm³/mol. The molecule has 0 aromatic heterocycles. The number of hydrogen-bond donors (Lipinski definition) is 1. The van der Waals surface area contributed by atoms with E-state index in [-0.39, 0.29) is 30.0 Å². The van der Waals surface area contributed by atoms with Crippen LogP contribution in [0.3, 0.4) is 0 Å². The van der Waals surface area contributed by atoms with Gasteiger partial charge in [0.25, 0.3) is 5.91 Å². The molecule has 0 unspecified atom stereocenters. The van der Waals surface area contributed by atoms with Crippen molar-refractivity contribution in [2.75, 3.05) is 29.6 Å². The number of benzene rings is 6. The number of nitrogens with zero attached hydrogens (tertiary/aromatic N) is 2. The molecule has 0 radical (unpaired) electrons. The topological polar surface area (TPSA) is 88.5 Å². The molecule has 1 amide bonds. The lowest BCUT2D eigenvalue weighted by molar-refractivity contribution is 0.0695. The van der Waals surface area contributed by atoms with E-state index in [1.807, 2.05) is 134 Å². The van der Waals surface area contributed by atoms with Gasteiger partial charge >= 0.3 is 5.97 Å². The highest BCUT2D eigenvalue weighted by Gasteiger charge is 2.27. The maximum Gasteiger partial charge on any atom is 0.336 e. The van der Waals surface area contributed by atoms with Gasteiger partial charge in [0.05, 0.1) is 17.7 Å². The van der Waals surface area contributed by atoms with Crippen molar-refractivity contribution in [3.05, 3.63) is 178 Å². The van der Waals surface area contributed by atoms with E-state index in [0.29, 0.717) is 49.1 Å². The second-order valence-corrected chi connectivity index (χ2v) is 15.6. The summed E-state index contributed by atoms with van der Waals surface area (Å²) in [6.07, 6.45) is 1.78. The number of carbonyl (C=O) groups excluding carboxylic acids is 1. The van der Waals surface area contributed by atoms with Gasteiger partial charge in [-0.2, -0.15) is 0 Å². The van der Waals surface area contributed by atoms with Crippen molar-refractivity contribution in [1.29, 1.82) is 0 Å². The summed E-state index contributed by atoms with van der Waals surface area (Å²) in [4.78, 5) is 31.9. The molecule has 0 saturated carbocycles. The minimum Gasteiger partial charge on any atom is -0.488 e. The fourth-order valence-electron chi connectivity index (χ4n) is 7.94. The predicted octanol–water partition coefficient (Wildman–Crippen LogP) is 11.5. The number of carboxylic acids is 1. The molecule has 0 atom stereocenters. The second kappa shape index (κ2) is 19.6. The van der Waals surface area contributed by atoms with Gasteiger partial charge in [0.1, 0.15) is 24.7 Å². The van der Waals surface area contributed by atoms with Crippen LogP contribution in [0.15, 0.2) is 140 Å². The smallest absolute Gasteiger partial charge is 0.336 e. The maximum atomic E-state index is 15.2. The molecule has 308 valence electrons. The molecule has 7 rings (SSSR count). The Hall–Kier alpha value is -6.38. The molecule has 1 aliphatic rings. The minimum absolute atomic E-state index is 0.0533. The Morgan fingerprint density at radius 3 is 1.82 bits per heavy atom. The largest absolute Gasteiger partial charge is 0.488 e. The fraction of sp³-hybridized carbons (Fsp3) is 0.269. The van der Waals surface area contributed by atoms with Crippen LogP contribution in [0.25, 0.3) is 11.1 Å². The van der Waals surface area contributed by atoms with Gasteiger partial charge in [0.2, 0.25) is 0 Å². The van der Waals surface area contributed by atoms with Crippen LogP contribution < -0.4 is 19.3 Å². The third-order valence-electron chi connectivity index (χ3n) is 11.3. The van der Waals surface area contributed by atoms with Crippen molar-refractivity contribution >= 4 is 23.3 Å². The second-order valence-electron chi connectivity index (χ2n) is 15.6. The molecule has 1 fully saturated rings.